The van der Waals surface area contributed by atoms with Gasteiger partial charge < -0.3 is 5.11 Å². The summed E-state index contributed by atoms with van der Waals surface area (Å²) in [5.74, 6) is -0.683. The zero-order valence-electron chi connectivity index (χ0n) is 11.1. The second-order valence-electron chi connectivity index (χ2n) is 4.48. The van der Waals surface area contributed by atoms with Gasteiger partial charge in [0.1, 0.15) is 5.82 Å². The molecule has 0 radical (unpaired) electrons. The van der Waals surface area contributed by atoms with Gasteiger partial charge in [0.25, 0.3) is 10.0 Å². The van der Waals surface area contributed by atoms with Crippen LogP contribution in [-0.4, -0.2) is 13.5 Å². The van der Waals surface area contributed by atoms with Gasteiger partial charge in [-0.1, -0.05) is 28.1 Å². The summed E-state index contributed by atoms with van der Waals surface area (Å²) in [5.41, 5.74) is 1.44. The summed E-state index contributed by atoms with van der Waals surface area (Å²) in [5, 5.41) is 9.20. The number of benzene rings is 2. The molecule has 0 aromatic heterocycles. The maximum Gasteiger partial charge on any atom is 0.262 e. The minimum atomic E-state index is -3.98. The first-order valence-electron chi connectivity index (χ1n) is 6.02. The number of anilines is 1. The van der Waals surface area contributed by atoms with Crippen LogP contribution in [0.1, 0.15) is 11.1 Å². The molecule has 0 fully saturated rings. The maximum atomic E-state index is 13.3. The number of hydrogen-bond acceptors (Lipinski definition) is 3. The van der Waals surface area contributed by atoms with Crippen LogP contribution in [0.15, 0.2) is 45.8 Å². The summed E-state index contributed by atoms with van der Waals surface area (Å²) >= 11 is 3.31. The molecule has 0 unspecified atom stereocenters. The van der Waals surface area contributed by atoms with Crippen LogP contribution in [0.3, 0.4) is 0 Å². The molecule has 0 aliphatic rings. The van der Waals surface area contributed by atoms with E-state index in [0.717, 1.165) is 22.2 Å². The lowest BCUT2D eigenvalue weighted by Crippen LogP contribution is -2.15. The van der Waals surface area contributed by atoms with E-state index in [9.17, 15) is 17.9 Å². The van der Waals surface area contributed by atoms with Crippen LogP contribution in [-0.2, 0) is 16.6 Å². The molecule has 0 saturated carbocycles. The van der Waals surface area contributed by atoms with Gasteiger partial charge in [0, 0.05) is 10.2 Å². The third kappa shape index (κ3) is 3.61. The molecule has 7 heteroatoms. The van der Waals surface area contributed by atoms with Gasteiger partial charge >= 0.3 is 0 Å². The van der Waals surface area contributed by atoms with E-state index in [1.807, 2.05) is 6.92 Å². The summed E-state index contributed by atoms with van der Waals surface area (Å²) in [6.45, 7) is 1.38. The number of aryl methyl sites for hydroxylation is 1. The second kappa shape index (κ2) is 6.13. The van der Waals surface area contributed by atoms with Gasteiger partial charge in [-0.25, -0.2) is 12.8 Å². The van der Waals surface area contributed by atoms with Crippen molar-refractivity contribution in [1.29, 1.82) is 0 Å². The standard InChI is InChI=1S/C14H13BrFNO3S/c1-9-2-5-12(7-13(9)15)17-21(19,20)14-6-11(16)4-3-10(14)8-18/h2-7,17-18H,8H2,1H3. The Morgan fingerprint density at radius 1 is 1.24 bits per heavy atom. The Morgan fingerprint density at radius 2 is 1.95 bits per heavy atom. The van der Waals surface area contributed by atoms with Crippen molar-refractivity contribution in [1.82, 2.24) is 0 Å². The van der Waals surface area contributed by atoms with E-state index < -0.39 is 22.4 Å². The first-order valence-corrected chi connectivity index (χ1v) is 8.29. The molecular weight excluding hydrogens is 361 g/mol. The van der Waals surface area contributed by atoms with E-state index in [4.69, 9.17) is 0 Å². The van der Waals surface area contributed by atoms with E-state index in [1.54, 1.807) is 18.2 Å². The van der Waals surface area contributed by atoms with Gasteiger partial charge in [0.15, 0.2) is 0 Å². The fourth-order valence-corrected chi connectivity index (χ4v) is 3.45. The van der Waals surface area contributed by atoms with E-state index >= 15 is 0 Å². The predicted octanol–water partition coefficient (Wildman–Crippen LogP) is 3.19. The number of sulfonamides is 1. The normalized spacial score (nSPS) is 11.4. The molecule has 2 rings (SSSR count). The van der Waals surface area contributed by atoms with Gasteiger partial charge in [-0.05, 0) is 42.3 Å². The number of rotatable bonds is 4. The van der Waals surface area contributed by atoms with Crippen LogP contribution in [0.5, 0.6) is 0 Å². The average molecular weight is 374 g/mol. The molecule has 4 nitrogen and oxygen atoms in total. The lowest BCUT2D eigenvalue weighted by atomic mass is 10.2. The molecule has 112 valence electrons. The monoisotopic (exact) mass is 373 g/mol. The van der Waals surface area contributed by atoms with Gasteiger partial charge in [0.05, 0.1) is 11.5 Å². The van der Waals surface area contributed by atoms with Gasteiger partial charge in [-0.15, -0.1) is 0 Å². The van der Waals surface area contributed by atoms with Crippen molar-refractivity contribution in [3.63, 3.8) is 0 Å². The molecule has 0 spiro atoms. The molecule has 0 heterocycles. The van der Waals surface area contributed by atoms with Crippen LogP contribution < -0.4 is 4.72 Å². The topological polar surface area (TPSA) is 66.4 Å². The molecule has 0 atom stereocenters. The molecule has 21 heavy (non-hydrogen) atoms. The van der Waals surface area contributed by atoms with Crippen LogP contribution in [0, 0.1) is 12.7 Å². The fraction of sp³-hybridized carbons (Fsp3) is 0.143. The van der Waals surface area contributed by atoms with E-state index in [0.29, 0.717) is 5.69 Å². The van der Waals surface area contributed by atoms with Crippen LogP contribution in [0.2, 0.25) is 0 Å². The summed E-state index contributed by atoms with van der Waals surface area (Å²) in [6.07, 6.45) is 0. The van der Waals surface area contributed by atoms with Crippen molar-refractivity contribution >= 4 is 31.6 Å². The zero-order valence-corrected chi connectivity index (χ0v) is 13.5. The Kier molecular flexibility index (Phi) is 4.65. The lowest BCUT2D eigenvalue weighted by molar-refractivity contribution is 0.278. The molecule has 2 N–H and O–H groups in total. The van der Waals surface area contributed by atoms with Crippen molar-refractivity contribution in [2.75, 3.05) is 4.72 Å². The van der Waals surface area contributed by atoms with Crippen molar-refractivity contribution in [3.8, 4) is 0 Å². The number of nitrogens with one attached hydrogen (secondary N) is 1. The number of halogens is 2. The molecular formula is C14H13BrFNO3S. The summed E-state index contributed by atoms with van der Waals surface area (Å²) in [6, 6.07) is 8.21. The highest BCUT2D eigenvalue weighted by atomic mass is 79.9. The minimum Gasteiger partial charge on any atom is -0.392 e. The van der Waals surface area contributed by atoms with Crippen LogP contribution >= 0.6 is 15.9 Å². The molecule has 0 saturated heterocycles. The molecule has 2 aromatic carbocycles. The van der Waals surface area contributed by atoms with E-state index in [2.05, 4.69) is 20.7 Å². The summed E-state index contributed by atoms with van der Waals surface area (Å²) < 4.78 is 41.1. The maximum absolute atomic E-state index is 13.3. The predicted molar refractivity (Wildman–Crippen MR) is 82.0 cm³/mol. The van der Waals surface area contributed by atoms with Gasteiger partial charge in [-0.2, -0.15) is 0 Å². The van der Waals surface area contributed by atoms with E-state index in [-0.39, 0.29) is 10.5 Å². The number of aliphatic hydroxyl groups is 1. The molecule has 0 aliphatic carbocycles. The van der Waals surface area contributed by atoms with Crippen molar-refractivity contribution in [3.05, 3.63) is 57.8 Å². The summed E-state index contributed by atoms with van der Waals surface area (Å²) in [4.78, 5) is -0.276. The second-order valence-corrected chi connectivity index (χ2v) is 6.98. The Labute approximate surface area is 130 Å². The molecule has 0 bridgehead atoms. The van der Waals surface area contributed by atoms with Crippen LogP contribution in [0.25, 0.3) is 0 Å². The first-order chi connectivity index (χ1) is 9.83. The largest absolute Gasteiger partial charge is 0.392 e. The third-order valence-corrected chi connectivity index (χ3v) is 5.23. The number of hydrogen-bond donors (Lipinski definition) is 2. The molecule has 0 amide bonds. The quantitative estimate of drug-likeness (QED) is 0.864. The van der Waals surface area contributed by atoms with Crippen molar-refractivity contribution in [2.24, 2.45) is 0 Å². The smallest absolute Gasteiger partial charge is 0.262 e. The summed E-state index contributed by atoms with van der Waals surface area (Å²) in [7, 11) is -3.98. The van der Waals surface area contributed by atoms with Crippen LogP contribution in [0.4, 0.5) is 10.1 Å². The van der Waals surface area contributed by atoms with Gasteiger partial charge in [-0.3, -0.25) is 4.72 Å². The van der Waals surface area contributed by atoms with Crippen molar-refractivity contribution in [2.45, 2.75) is 18.4 Å². The Bertz CT molecular complexity index is 778. The molecule has 2 aromatic rings. The molecule has 0 aliphatic heterocycles. The fourth-order valence-electron chi connectivity index (χ4n) is 1.78. The highest BCUT2D eigenvalue weighted by molar-refractivity contribution is 9.10. The van der Waals surface area contributed by atoms with Crippen molar-refractivity contribution < 1.29 is 17.9 Å². The Hall–Kier alpha value is -1.44. The Morgan fingerprint density at radius 3 is 2.57 bits per heavy atom. The van der Waals surface area contributed by atoms with E-state index in [1.165, 1.54) is 6.07 Å². The highest BCUT2D eigenvalue weighted by Crippen LogP contribution is 2.24. The minimum absolute atomic E-state index is 0.134. The third-order valence-electron chi connectivity index (χ3n) is 2.91. The Balaban J connectivity index is 2.42. The average Bonchev–Trinajstić information content (AvgIpc) is 2.42. The lowest BCUT2D eigenvalue weighted by Gasteiger charge is -2.12. The van der Waals surface area contributed by atoms with Gasteiger partial charge in [0.2, 0.25) is 0 Å². The zero-order chi connectivity index (χ0) is 15.6. The first kappa shape index (κ1) is 15.9. The SMILES string of the molecule is Cc1ccc(NS(=O)(=O)c2cc(F)ccc2CO)cc1Br. The number of aliphatic hydroxyl groups excluding tert-OH is 1. The highest BCUT2D eigenvalue weighted by Gasteiger charge is 2.19.